The van der Waals surface area contributed by atoms with Crippen molar-refractivity contribution in [2.75, 3.05) is 13.1 Å². The lowest BCUT2D eigenvalue weighted by Crippen LogP contribution is -2.45. The molecule has 2 rings (SSSR count). The highest BCUT2D eigenvalue weighted by atomic mass is 16.6. The van der Waals surface area contributed by atoms with Crippen molar-refractivity contribution in [3.63, 3.8) is 0 Å². The van der Waals surface area contributed by atoms with Gasteiger partial charge in [0.25, 0.3) is 0 Å². The molecule has 0 radical (unpaired) electrons. The van der Waals surface area contributed by atoms with Crippen LogP contribution >= 0.6 is 0 Å². The standard InChI is InChI=1S/C13H18N4O5/c1-9-4-10(13(19)20)7-15(6-9)12(18)2-3-16-8-11(5-14-16)17(21)22/h5,8-10H,2-4,6-7H2,1H3,(H,19,20). The normalized spacial score (nSPS) is 21.6. The zero-order valence-electron chi connectivity index (χ0n) is 12.2. The highest BCUT2D eigenvalue weighted by Gasteiger charge is 2.31. The summed E-state index contributed by atoms with van der Waals surface area (Å²) < 4.78 is 1.35. The summed E-state index contributed by atoms with van der Waals surface area (Å²) in [5, 5.41) is 23.5. The van der Waals surface area contributed by atoms with Crippen LogP contribution in [0.5, 0.6) is 0 Å². The molecule has 22 heavy (non-hydrogen) atoms. The van der Waals surface area contributed by atoms with Gasteiger partial charge in [-0.05, 0) is 12.3 Å². The molecule has 1 N–H and O–H groups in total. The number of piperidine rings is 1. The number of rotatable bonds is 5. The average molecular weight is 310 g/mol. The molecular formula is C13H18N4O5. The van der Waals surface area contributed by atoms with Crippen LogP contribution in [0.4, 0.5) is 5.69 Å². The van der Waals surface area contributed by atoms with Gasteiger partial charge in [0.2, 0.25) is 5.91 Å². The predicted octanol–water partition coefficient (Wildman–Crippen LogP) is 0.751. The van der Waals surface area contributed by atoms with E-state index in [0.29, 0.717) is 13.0 Å². The first-order chi connectivity index (χ1) is 10.4. The maximum atomic E-state index is 12.2. The van der Waals surface area contributed by atoms with E-state index in [-0.39, 0.29) is 37.0 Å². The van der Waals surface area contributed by atoms with Crippen LogP contribution in [-0.2, 0) is 16.1 Å². The van der Waals surface area contributed by atoms with Crippen molar-refractivity contribution in [1.82, 2.24) is 14.7 Å². The molecule has 9 nitrogen and oxygen atoms in total. The molecule has 1 aliphatic heterocycles. The number of hydrogen-bond acceptors (Lipinski definition) is 5. The molecule has 9 heteroatoms. The Labute approximate surface area is 126 Å². The Morgan fingerprint density at radius 2 is 2.23 bits per heavy atom. The van der Waals surface area contributed by atoms with Gasteiger partial charge in [0, 0.05) is 26.1 Å². The molecule has 1 aromatic rings. The van der Waals surface area contributed by atoms with Crippen molar-refractivity contribution in [2.45, 2.75) is 26.3 Å². The van der Waals surface area contributed by atoms with E-state index < -0.39 is 16.8 Å². The molecule has 2 unspecified atom stereocenters. The summed E-state index contributed by atoms with van der Waals surface area (Å²) in [4.78, 5) is 34.9. The second-order valence-corrected chi connectivity index (χ2v) is 5.64. The molecule has 1 amide bonds. The molecule has 0 saturated carbocycles. The number of hydrogen-bond donors (Lipinski definition) is 1. The van der Waals surface area contributed by atoms with Crippen LogP contribution in [-0.4, -0.2) is 49.7 Å². The summed E-state index contributed by atoms with van der Waals surface area (Å²) in [6.07, 6.45) is 3.11. The maximum absolute atomic E-state index is 12.2. The van der Waals surface area contributed by atoms with Gasteiger partial charge in [-0.25, -0.2) is 0 Å². The van der Waals surface area contributed by atoms with Crippen molar-refractivity contribution < 1.29 is 19.6 Å². The highest BCUT2D eigenvalue weighted by Crippen LogP contribution is 2.22. The number of amides is 1. The topological polar surface area (TPSA) is 119 Å². The van der Waals surface area contributed by atoms with Crippen molar-refractivity contribution in [3.8, 4) is 0 Å². The van der Waals surface area contributed by atoms with Crippen LogP contribution in [0, 0.1) is 22.0 Å². The number of nitrogens with zero attached hydrogens (tertiary/aromatic N) is 4. The Kier molecular flexibility index (Phi) is 4.74. The summed E-state index contributed by atoms with van der Waals surface area (Å²) >= 11 is 0. The average Bonchev–Trinajstić information content (AvgIpc) is 2.93. The minimum absolute atomic E-state index is 0.120. The Morgan fingerprint density at radius 3 is 2.82 bits per heavy atom. The molecule has 120 valence electrons. The number of carbonyl (C=O) groups excluding carboxylic acids is 1. The fourth-order valence-corrected chi connectivity index (χ4v) is 2.67. The third kappa shape index (κ3) is 3.80. The van der Waals surface area contributed by atoms with E-state index >= 15 is 0 Å². The lowest BCUT2D eigenvalue weighted by atomic mass is 9.90. The van der Waals surface area contributed by atoms with Crippen LogP contribution in [0.15, 0.2) is 12.4 Å². The number of nitro groups is 1. The Bertz CT molecular complexity index is 585. The predicted molar refractivity (Wildman–Crippen MR) is 75.0 cm³/mol. The van der Waals surface area contributed by atoms with Crippen LogP contribution in [0.1, 0.15) is 19.8 Å². The monoisotopic (exact) mass is 310 g/mol. The van der Waals surface area contributed by atoms with Crippen LogP contribution in [0.25, 0.3) is 0 Å². The third-order valence-corrected chi connectivity index (χ3v) is 3.75. The van der Waals surface area contributed by atoms with E-state index in [1.165, 1.54) is 10.9 Å². The molecule has 0 aromatic carbocycles. The molecule has 0 spiro atoms. The van der Waals surface area contributed by atoms with Gasteiger partial charge in [0.05, 0.1) is 10.8 Å². The second-order valence-electron chi connectivity index (χ2n) is 5.64. The number of carbonyl (C=O) groups is 2. The Hall–Kier alpha value is -2.45. The summed E-state index contributed by atoms with van der Waals surface area (Å²) in [5.41, 5.74) is -0.120. The van der Waals surface area contributed by atoms with E-state index in [9.17, 15) is 19.7 Å². The largest absolute Gasteiger partial charge is 0.481 e. The summed E-state index contributed by atoms with van der Waals surface area (Å²) in [6.45, 7) is 2.92. The van der Waals surface area contributed by atoms with Crippen molar-refractivity contribution in [1.29, 1.82) is 0 Å². The quantitative estimate of drug-likeness (QED) is 0.633. The zero-order chi connectivity index (χ0) is 16.3. The highest BCUT2D eigenvalue weighted by molar-refractivity contribution is 5.78. The molecular weight excluding hydrogens is 292 g/mol. The van der Waals surface area contributed by atoms with Gasteiger partial charge < -0.3 is 10.0 Å². The van der Waals surface area contributed by atoms with Crippen LogP contribution < -0.4 is 0 Å². The van der Waals surface area contributed by atoms with Crippen LogP contribution in [0.2, 0.25) is 0 Å². The van der Waals surface area contributed by atoms with Crippen LogP contribution in [0.3, 0.4) is 0 Å². The summed E-state index contributed by atoms with van der Waals surface area (Å²) in [5.74, 6) is -1.42. The molecule has 1 aliphatic rings. The van der Waals surface area contributed by atoms with Gasteiger partial charge in [-0.15, -0.1) is 0 Å². The van der Waals surface area contributed by atoms with Gasteiger partial charge in [0.1, 0.15) is 12.4 Å². The Morgan fingerprint density at radius 1 is 1.50 bits per heavy atom. The smallest absolute Gasteiger partial charge is 0.308 e. The number of aliphatic carboxylic acids is 1. The summed E-state index contributed by atoms with van der Waals surface area (Å²) in [6, 6.07) is 0. The lowest BCUT2D eigenvalue weighted by molar-refractivity contribution is -0.385. The van der Waals surface area contributed by atoms with Crippen molar-refractivity contribution in [2.24, 2.45) is 11.8 Å². The van der Waals surface area contributed by atoms with E-state index in [0.717, 1.165) is 6.20 Å². The fraction of sp³-hybridized carbons (Fsp3) is 0.615. The number of carboxylic acids is 1. The first-order valence-corrected chi connectivity index (χ1v) is 7.04. The van der Waals surface area contributed by atoms with Gasteiger partial charge in [-0.3, -0.25) is 24.4 Å². The summed E-state index contributed by atoms with van der Waals surface area (Å²) in [7, 11) is 0. The minimum Gasteiger partial charge on any atom is -0.481 e. The zero-order valence-corrected chi connectivity index (χ0v) is 12.2. The Balaban J connectivity index is 1.90. The van der Waals surface area contributed by atoms with Gasteiger partial charge in [0.15, 0.2) is 0 Å². The van der Waals surface area contributed by atoms with E-state index in [2.05, 4.69) is 5.10 Å². The third-order valence-electron chi connectivity index (χ3n) is 3.75. The van der Waals surface area contributed by atoms with Gasteiger partial charge in [-0.1, -0.05) is 6.92 Å². The molecule has 1 fully saturated rings. The first-order valence-electron chi connectivity index (χ1n) is 7.04. The van der Waals surface area contributed by atoms with E-state index in [1.807, 2.05) is 6.92 Å². The van der Waals surface area contributed by atoms with Gasteiger partial charge in [-0.2, -0.15) is 5.10 Å². The molecule has 0 aliphatic carbocycles. The lowest BCUT2D eigenvalue weighted by Gasteiger charge is -2.34. The minimum atomic E-state index is -0.882. The van der Waals surface area contributed by atoms with E-state index in [1.54, 1.807) is 4.90 Å². The van der Waals surface area contributed by atoms with Gasteiger partial charge >= 0.3 is 11.7 Å². The second kappa shape index (κ2) is 6.54. The first kappa shape index (κ1) is 15.9. The molecule has 1 saturated heterocycles. The maximum Gasteiger partial charge on any atom is 0.308 e. The number of aryl methyl sites for hydroxylation is 1. The number of carboxylic acid groups (broad SMARTS) is 1. The molecule has 2 heterocycles. The van der Waals surface area contributed by atoms with E-state index in [4.69, 9.17) is 5.11 Å². The SMILES string of the molecule is CC1CC(C(=O)O)CN(C(=O)CCn2cc([N+](=O)[O-])cn2)C1. The number of likely N-dealkylation sites (tertiary alicyclic amines) is 1. The fourth-order valence-electron chi connectivity index (χ4n) is 2.67. The van der Waals surface area contributed by atoms with Crippen molar-refractivity contribution >= 4 is 17.6 Å². The molecule has 0 bridgehead atoms. The molecule has 1 aromatic heterocycles. The van der Waals surface area contributed by atoms with Crippen molar-refractivity contribution in [3.05, 3.63) is 22.5 Å². The molecule has 2 atom stereocenters. The number of aromatic nitrogens is 2.